The third kappa shape index (κ3) is 4.39. The fourth-order valence-electron chi connectivity index (χ4n) is 4.08. The van der Waals surface area contributed by atoms with Crippen LogP contribution in [0.4, 0.5) is 10.5 Å². The molecule has 9 heteroatoms. The Morgan fingerprint density at radius 1 is 1.23 bits per heavy atom. The van der Waals surface area contributed by atoms with E-state index in [0.29, 0.717) is 42.1 Å². The van der Waals surface area contributed by atoms with Crippen LogP contribution in [0, 0.1) is 5.92 Å². The number of hydrogen-bond donors (Lipinski definition) is 2. The zero-order chi connectivity index (χ0) is 20.7. The summed E-state index contributed by atoms with van der Waals surface area (Å²) in [4.78, 5) is 40.3. The Labute approximate surface area is 181 Å². The highest BCUT2D eigenvalue weighted by Gasteiger charge is 2.25. The summed E-state index contributed by atoms with van der Waals surface area (Å²) >= 11 is 0. The van der Waals surface area contributed by atoms with E-state index in [1.54, 1.807) is 27.7 Å². The minimum absolute atomic E-state index is 0. The third-order valence-electron chi connectivity index (χ3n) is 5.82. The Bertz CT molecular complexity index is 1060. The molecule has 1 aromatic heterocycles. The van der Waals surface area contributed by atoms with Crippen LogP contribution in [0.2, 0.25) is 0 Å². The maximum absolute atomic E-state index is 13.1. The lowest BCUT2D eigenvalue weighted by molar-refractivity contribution is 0.193. The summed E-state index contributed by atoms with van der Waals surface area (Å²) in [6.07, 6.45) is 3.92. The van der Waals surface area contributed by atoms with Crippen LogP contribution in [0.5, 0.6) is 0 Å². The number of fused-ring (bicyclic) bond motifs is 1. The molecule has 2 aromatic rings. The van der Waals surface area contributed by atoms with Gasteiger partial charge in [-0.25, -0.2) is 9.59 Å². The lowest BCUT2D eigenvalue weighted by Gasteiger charge is -2.30. The number of urea groups is 1. The van der Waals surface area contributed by atoms with E-state index in [1.165, 1.54) is 4.57 Å². The van der Waals surface area contributed by atoms with E-state index in [-0.39, 0.29) is 41.8 Å². The molecule has 164 valence electrons. The molecule has 1 aliphatic carbocycles. The average Bonchev–Trinajstić information content (AvgIpc) is 3.49. The predicted molar refractivity (Wildman–Crippen MR) is 121 cm³/mol. The summed E-state index contributed by atoms with van der Waals surface area (Å²) in [5.41, 5.74) is 6.57. The lowest BCUT2D eigenvalue weighted by Crippen LogP contribution is -2.47. The Morgan fingerprint density at radius 2 is 1.97 bits per heavy atom. The number of carbonyl (C=O) groups is 1. The number of hydrogen-bond acceptors (Lipinski definition) is 4. The Morgan fingerprint density at radius 3 is 2.60 bits per heavy atom. The summed E-state index contributed by atoms with van der Waals surface area (Å²) in [5, 5.41) is 3.33. The highest BCUT2D eigenvalue weighted by molar-refractivity contribution is 5.92. The first-order chi connectivity index (χ1) is 13.8. The van der Waals surface area contributed by atoms with Gasteiger partial charge in [0.1, 0.15) is 0 Å². The molecule has 2 aliphatic rings. The molecule has 1 aromatic carbocycles. The van der Waals surface area contributed by atoms with Crippen molar-refractivity contribution in [1.82, 2.24) is 14.0 Å². The molecule has 1 atom stereocenters. The van der Waals surface area contributed by atoms with Gasteiger partial charge in [0, 0.05) is 37.4 Å². The van der Waals surface area contributed by atoms with E-state index in [1.807, 2.05) is 13.8 Å². The van der Waals surface area contributed by atoms with Crippen LogP contribution in [0.25, 0.3) is 10.9 Å². The van der Waals surface area contributed by atoms with Crippen molar-refractivity contribution in [2.24, 2.45) is 11.7 Å². The van der Waals surface area contributed by atoms with Crippen molar-refractivity contribution < 1.29 is 4.79 Å². The van der Waals surface area contributed by atoms with E-state index >= 15 is 0 Å². The van der Waals surface area contributed by atoms with Crippen molar-refractivity contribution in [2.45, 2.75) is 58.2 Å². The van der Waals surface area contributed by atoms with Gasteiger partial charge in [0.05, 0.1) is 10.9 Å². The minimum Gasteiger partial charge on any atom is -0.326 e. The van der Waals surface area contributed by atoms with Crippen LogP contribution >= 0.6 is 12.4 Å². The van der Waals surface area contributed by atoms with E-state index in [2.05, 4.69) is 5.32 Å². The second-order valence-corrected chi connectivity index (χ2v) is 8.62. The fraction of sp³-hybridized carbons (Fsp3) is 0.571. The van der Waals surface area contributed by atoms with Gasteiger partial charge in [-0.3, -0.25) is 13.9 Å². The average molecular weight is 436 g/mol. The van der Waals surface area contributed by atoms with Crippen LogP contribution in [0.3, 0.4) is 0 Å². The molecule has 0 radical (unpaired) electrons. The molecular weight excluding hydrogens is 406 g/mol. The number of amides is 2. The topological polar surface area (TPSA) is 102 Å². The number of anilines is 1. The normalized spacial score (nSPS) is 19.1. The largest absolute Gasteiger partial charge is 0.331 e. The van der Waals surface area contributed by atoms with Gasteiger partial charge in [-0.05, 0) is 63.6 Å². The Kier molecular flexibility index (Phi) is 6.57. The van der Waals surface area contributed by atoms with E-state index < -0.39 is 0 Å². The summed E-state index contributed by atoms with van der Waals surface area (Å²) in [6, 6.07) is 4.88. The first kappa shape index (κ1) is 22.4. The van der Waals surface area contributed by atoms with Gasteiger partial charge in [0.15, 0.2) is 0 Å². The molecule has 0 unspecified atom stereocenters. The number of nitrogens with zero attached hydrogens (tertiary/aromatic N) is 3. The maximum atomic E-state index is 13.1. The molecule has 30 heavy (non-hydrogen) atoms. The van der Waals surface area contributed by atoms with Gasteiger partial charge in [0.2, 0.25) is 0 Å². The molecule has 2 heterocycles. The minimum atomic E-state index is -0.287. The molecule has 8 nitrogen and oxygen atoms in total. The summed E-state index contributed by atoms with van der Waals surface area (Å²) in [5.74, 6) is 0.407. The van der Waals surface area contributed by atoms with Crippen molar-refractivity contribution >= 4 is 35.0 Å². The number of nitrogens with two attached hydrogens (primary N) is 1. The maximum Gasteiger partial charge on any atom is 0.331 e. The fourth-order valence-corrected chi connectivity index (χ4v) is 4.08. The first-order valence-electron chi connectivity index (χ1n) is 10.5. The summed E-state index contributed by atoms with van der Waals surface area (Å²) in [6.45, 7) is 5.53. The molecule has 1 aliphatic heterocycles. The monoisotopic (exact) mass is 435 g/mol. The smallest absolute Gasteiger partial charge is 0.326 e. The standard InChI is InChI=1S/C21H29N5O3.ClH/c1-13(2)26-18-8-7-16(23-20(28)24-9-3-4-15(22)12-24)10-17(18)19(27)25(21(26)29)11-14-5-6-14;/h7-8,10,13-15H,3-6,9,11-12,22H2,1-2H3,(H,23,28);1H/t15-;/m1./s1. The Balaban J connectivity index is 0.00000256. The molecule has 0 spiro atoms. The van der Waals surface area contributed by atoms with Crippen LogP contribution in [0.1, 0.15) is 45.6 Å². The van der Waals surface area contributed by atoms with Crippen molar-refractivity contribution in [3.8, 4) is 0 Å². The molecule has 1 saturated heterocycles. The van der Waals surface area contributed by atoms with Gasteiger partial charge in [-0.15, -0.1) is 12.4 Å². The number of carbonyl (C=O) groups excluding carboxylic acids is 1. The second-order valence-electron chi connectivity index (χ2n) is 8.62. The molecule has 2 amide bonds. The van der Waals surface area contributed by atoms with Crippen LogP contribution in [-0.2, 0) is 6.54 Å². The molecule has 1 saturated carbocycles. The van der Waals surface area contributed by atoms with Gasteiger partial charge in [-0.1, -0.05) is 0 Å². The summed E-state index contributed by atoms with van der Waals surface area (Å²) < 4.78 is 3.02. The molecular formula is C21H30ClN5O3. The van der Waals surface area contributed by atoms with Gasteiger partial charge in [-0.2, -0.15) is 0 Å². The number of aromatic nitrogens is 2. The van der Waals surface area contributed by atoms with Gasteiger partial charge < -0.3 is 16.0 Å². The van der Waals surface area contributed by atoms with Crippen LogP contribution in [0.15, 0.2) is 27.8 Å². The molecule has 2 fully saturated rings. The zero-order valence-corrected chi connectivity index (χ0v) is 18.3. The highest BCUT2D eigenvalue weighted by atomic mass is 35.5. The number of likely N-dealkylation sites (tertiary alicyclic amines) is 1. The highest BCUT2D eigenvalue weighted by Crippen LogP contribution is 2.30. The van der Waals surface area contributed by atoms with E-state index in [9.17, 15) is 14.4 Å². The zero-order valence-electron chi connectivity index (χ0n) is 17.5. The molecule has 3 N–H and O–H groups in total. The molecule has 0 bridgehead atoms. The van der Waals surface area contributed by atoms with Crippen molar-refractivity contribution in [3.63, 3.8) is 0 Å². The number of rotatable bonds is 4. The van der Waals surface area contributed by atoms with Crippen molar-refractivity contribution in [3.05, 3.63) is 39.0 Å². The second kappa shape index (κ2) is 8.81. The number of halogens is 1. The van der Waals surface area contributed by atoms with Crippen molar-refractivity contribution in [1.29, 1.82) is 0 Å². The van der Waals surface area contributed by atoms with Crippen LogP contribution < -0.4 is 22.3 Å². The Hall–Kier alpha value is -2.32. The lowest BCUT2D eigenvalue weighted by atomic mass is 10.1. The van der Waals surface area contributed by atoms with Gasteiger partial charge in [0.25, 0.3) is 5.56 Å². The van der Waals surface area contributed by atoms with E-state index in [4.69, 9.17) is 5.73 Å². The van der Waals surface area contributed by atoms with E-state index in [0.717, 1.165) is 25.7 Å². The van der Waals surface area contributed by atoms with Crippen molar-refractivity contribution in [2.75, 3.05) is 18.4 Å². The quantitative estimate of drug-likeness (QED) is 0.770. The third-order valence-corrected chi connectivity index (χ3v) is 5.82. The number of nitrogens with one attached hydrogen (secondary N) is 1. The number of benzene rings is 1. The first-order valence-corrected chi connectivity index (χ1v) is 10.5. The molecule has 4 rings (SSSR count). The SMILES string of the molecule is CC(C)n1c(=O)n(CC2CC2)c(=O)c2cc(NC(=O)N3CCC[C@@H](N)C3)ccc21.Cl. The van der Waals surface area contributed by atoms with Crippen LogP contribution in [-0.4, -0.2) is 39.2 Å². The number of piperidine rings is 1. The summed E-state index contributed by atoms with van der Waals surface area (Å²) in [7, 11) is 0. The van der Waals surface area contributed by atoms with Gasteiger partial charge >= 0.3 is 11.7 Å². The predicted octanol–water partition coefficient (Wildman–Crippen LogP) is 2.53.